The van der Waals surface area contributed by atoms with Gasteiger partial charge in [0.15, 0.2) is 4.77 Å². The average molecular weight is 235 g/mol. The van der Waals surface area contributed by atoms with Crippen molar-refractivity contribution in [1.82, 2.24) is 15.0 Å². The largest absolute Gasteiger partial charge is 0.481 e. The second-order valence-corrected chi connectivity index (χ2v) is 3.48. The van der Waals surface area contributed by atoms with Gasteiger partial charge in [-0.15, -0.1) is 0 Å². The van der Waals surface area contributed by atoms with E-state index in [0.717, 1.165) is 0 Å². The van der Waals surface area contributed by atoms with Gasteiger partial charge in [0.25, 0.3) is 0 Å². The summed E-state index contributed by atoms with van der Waals surface area (Å²) in [6.45, 7) is 0. The quantitative estimate of drug-likeness (QED) is 0.627. The number of nitrogens with one attached hydrogen (secondary N) is 2. The molecular weight excluding hydrogens is 226 g/mol. The fourth-order valence-electron chi connectivity index (χ4n) is 1.25. The van der Waals surface area contributed by atoms with Crippen LogP contribution in [-0.4, -0.2) is 27.8 Å². The summed E-state index contributed by atoms with van der Waals surface area (Å²) in [5.41, 5.74) is 0.892. The second-order valence-electron chi connectivity index (χ2n) is 3.07. The number of methoxy groups -OCH3 is 1. The van der Waals surface area contributed by atoms with E-state index in [1.807, 2.05) is 0 Å². The summed E-state index contributed by atoms with van der Waals surface area (Å²) in [7, 11) is 1.52. The zero-order valence-corrected chi connectivity index (χ0v) is 9.30. The Bertz CT molecular complexity index is 556. The molecule has 0 aliphatic carbocycles. The first kappa shape index (κ1) is 10.6. The highest BCUT2D eigenvalue weighted by Crippen LogP contribution is 2.10. The molecule has 0 aliphatic heterocycles. The molecule has 16 heavy (non-hydrogen) atoms. The predicted octanol–water partition coefficient (Wildman–Crippen LogP) is 1.71. The topological polar surface area (TPSA) is 70.8 Å². The number of hydrogen-bond donors (Lipinski definition) is 2. The van der Waals surface area contributed by atoms with Crippen LogP contribution < -0.4 is 4.74 Å². The number of aromatic nitrogens is 3. The first-order valence-electron chi connectivity index (χ1n) is 4.53. The summed E-state index contributed by atoms with van der Waals surface area (Å²) >= 11 is 4.84. The van der Waals surface area contributed by atoms with E-state index < -0.39 is 0 Å². The van der Waals surface area contributed by atoms with Gasteiger partial charge in [-0.3, -0.25) is 4.79 Å². The van der Waals surface area contributed by atoms with Crippen LogP contribution in [0.2, 0.25) is 0 Å². The predicted molar refractivity (Wildman–Crippen MR) is 60.2 cm³/mol. The highest BCUT2D eigenvalue weighted by Gasteiger charge is 2.10. The molecule has 6 heteroatoms. The molecule has 2 aromatic heterocycles. The maximum absolute atomic E-state index is 11.9. The van der Waals surface area contributed by atoms with E-state index in [9.17, 15) is 4.79 Å². The first-order valence-corrected chi connectivity index (χ1v) is 4.94. The van der Waals surface area contributed by atoms with Crippen molar-refractivity contribution in [2.45, 2.75) is 0 Å². The number of rotatable bonds is 3. The van der Waals surface area contributed by atoms with Crippen molar-refractivity contribution in [3.8, 4) is 5.88 Å². The zero-order chi connectivity index (χ0) is 11.5. The summed E-state index contributed by atoms with van der Waals surface area (Å²) in [5.74, 6) is 0.307. The van der Waals surface area contributed by atoms with Crippen molar-refractivity contribution >= 4 is 18.0 Å². The molecule has 0 bridgehead atoms. The molecule has 0 radical (unpaired) electrons. The Balaban J connectivity index is 2.30. The van der Waals surface area contributed by atoms with Gasteiger partial charge in [-0.1, -0.05) is 0 Å². The number of aromatic amines is 2. The Kier molecular flexibility index (Phi) is 2.82. The molecule has 0 saturated carbocycles. The SMILES string of the molecule is COc1ccc(C(=O)c2c[nH]c(=S)[nH]2)cn1. The van der Waals surface area contributed by atoms with Gasteiger partial charge in [-0.05, 0) is 18.3 Å². The molecule has 0 unspecified atom stereocenters. The number of nitrogens with zero attached hydrogens (tertiary/aromatic N) is 1. The van der Waals surface area contributed by atoms with Gasteiger partial charge in [0.2, 0.25) is 11.7 Å². The molecule has 0 aliphatic rings. The lowest BCUT2D eigenvalue weighted by atomic mass is 10.1. The van der Waals surface area contributed by atoms with Gasteiger partial charge < -0.3 is 14.7 Å². The van der Waals surface area contributed by atoms with Gasteiger partial charge in [-0.25, -0.2) is 4.98 Å². The van der Waals surface area contributed by atoms with Crippen molar-refractivity contribution in [3.63, 3.8) is 0 Å². The molecular formula is C10H9N3O2S. The minimum atomic E-state index is -0.164. The normalized spacial score (nSPS) is 10.1. The van der Waals surface area contributed by atoms with E-state index >= 15 is 0 Å². The number of carbonyl (C=O) groups excluding carboxylic acids is 1. The molecule has 0 fully saturated rings. The lowest BCUT2D eigenvalue weighted by Crippen LogP contribution is -2.02. The lowest BCUT2D eigenvalue weighted by Gasteiger charge is -1.99. The number of ketones is 1. The summed E-state index contributed by atoms with van der Waals surface area (Å²) in [4.78, 5) is 21.3. The van der Waals surface area contributed by atoms with Crippen LogP contribution in [-0.2, 0) is 0 Å². The van der Waals surface area contributed by atoms with Crippen molar-refractivity contribution in [2.75, 3.05) is 7.11 Å². The standard InChI is InChI=1S/C10H9N3O2S/c1-15-8-3-2-6(4-11-8)9(14)7-5-12-10(16)13-7/h2-5H,1H3,(H2,12,13,16). The average Bonchev–Trinajstić information content (AvgIpc) is 2.75. The lowest BCUT2D eigenvalue weighted by molar-refractivity contribution is 0.103. The third-order valence-corrected chi connectivity index (χ3v) is 2.27. The van der Waals surface area contributed by atoms with Crippen molar-refractivity contribution in [1.29, 1.82) is 0 Å². The molecule has 2 heterocycles. The van der Waals surface area contributed by atoms with Crippen LogP contribution in [0.3, 0.4) is 0 Å². The number of ether oxygens (including phenoxy) is 1. The number of imidazole rings is 1. The molecule has 2 rings (SSSR count). The molecule has 0 aromatic carbocycles. The van der Waals surface area contributed by atoms with Crippen LogP contribution >= 0.6 is 12.2 Å². The van der Waals surface area contributed by atoms with E-state index in [-0.39, 0.29) is 5.78 Å². The van der Waals surface area contributed by atoms with Gasteiger partial charge in [0, 0.05) is 24.0 Å². The Labute approximate surface area is 96.5 Å². The van der Waals surface area contributed by atoms with Crippen molar-refractivity contribution < 1.29 is 9.53 Å². The third kappa shape index (κ3) is 2.01. The number of H-pyrrole nitrogens is 2. The first-order chi connectivity index (χ1) is 7.70. The Morgan fingerprint density at radius 2 is 2.31 bits per heavy atom. The van der Waals surface area contributed by atoms with Gasteiger partial charge >= 0.3 is 0 Å². The monoisotopic (exact) mass is 235 g/mol. The summed E-state index contributed by atoms with van der Waals surface area (Å²) < 4.78 is 5.33. The highest BCUT2D eigenvalue weighted by molar-refractivity contribution is 7.71. The molecule has 0 saturated heterocycles. The molecule has 82 valence electrons. The number of pyridine rings is 1. The Morgan fingerprint density at radius 3 is 2.81 bits per heavy atom. The second kappa shape index (κ2) is 4.28. The van der Waals surface area contributed by atoms with Crippen LogP contribution in [0.4, 0.5) is 0 Å². The Hall–Kier alpha value is -1.95. The number of hydrogen-bond acceptors (Lipinski definition) is 4. The maximum Gasteiger partial charge on any atom is 0.212 e. The van der Waals surface area contributed by atoms with E-state index in [4.69, 9.17) is 17.0 Å². The fourth-order valence-corrected chi connectivity index (χ4v) is 1.41. The van der Waals surface area contributed by atoms with Crippen LogP contribution in [0.25, 0.3) is 0 Å². The maximum atomic E-state index is 11.9. The van der Waals surface area contributed by atoms with Gasteiger partial charge in [0.1, 0.15) is 5.69 Å². The minimum Gasteiger partial charge on any atom is -0.481 e. The van der Waals surface area contributed by atoms with Crippen molar-refractivity contribution in [2.24, 2.45) is 0 Å². The van der Waals surface area contributed by atoms with Gasteiger partial charge in [-0.2, -0.15) is 0 Å². The van der Waals surface area contributed by atoms with E-state index in [1.54, 1.807) is 12.1 Å². The van der Waals surface area contributed by atoms with Gasteiger partial charge in [0.05, 0.1) is 7.11 Å². The number of carbonyl (C=O) groups is 1. The Morgan fingerprint density at radius 1 is 1.50 bits per heavy atom. The molecule has 5 nitrogen and oxygen atoms in total. The van der Waals surface area contributed by atoms with Crippen molar-refractivity contribution in [3.05, 3.63) is 40.6 Å². The third-order valence-electron chi connectivity index (χ3n) is 2.05. The minimum absolute atomic E-state index is 0.164. The fraction of sp³-hybridized carbons (Fsp3) is 0.100. The summed E-state index contributed by atoms with van der Waals surface area (Å²) in [6.07, 6.45) is 3.00. The van der Waals surface area contributed by atoms with E-state index in [0.29, 0.717) is 21.9 Å². The van der Waals surface area contributed by atoms with E-state index in [1.165, 1.54) is 19.5 Å². The smallest absolute Gasteiger partial charge is 0.212 e. The molecule has 2 N–H and O–H groups in total. The molecule has 0 spiro atoms. The molecule has 0 atom stereocenters. The molecule has 0 amide bonds. The highest BCUT2D eigenvalue weighted by atomic mass is 32.1. The summed E-state index contributed by atoms with van der Waals surface area (Å²) in [5, 5.41) is 0. The van der Waals surface area contributed by atoms with Crippen LogP contribution in [0.15, 0.2) is 24.5 Å². The molecule has 2 aromatic rings. The zero-order valence-electron chi connectivity index (χ0n) is 8.48. The van der Waals surface area contributed by atoms with Crippen LogP contribution in [0, 0.1) is 4.77 Å². The van der Waals surface area contributed by atoms with E-state index in [2.05, 4.69) is 15.0 Å². The van der Waals surface area contributed by atoms with Crippen LogP contribution in [0.1, 0.15) is 16.1 Å². The summed E-state index contributed by atoms with van der Waals surface area (Å²) in [6, 6.07) is 3.28. The van der Waals surface area contributed by atoms with Crippen LogP contribution in [0.5, 0.6) is 5.88 Å².